The molecule has 4 heterocycles. The van der Waals surface area contributed by atoms with Crippen molar-refractivity contribution in [3.63, 3.8) is 0 Å². The van der Waals surface area contributed by atoms with Crippen molar-refractivity contribution in [2.45, 2.75) is 26.8 Å². The summed E-state index contributed by atoms with van der Waals surface area (Å²) in [5.41, 5.74) is 3.77. The van der Waals surface area contributed by atoms with Gasteiger partial charge >= 0.3 is 0 Å². The van der Waals surface area contributed by atoms with Crippen LogP contribution < -0.4 is 5.32 Å². The number of thiophene rings is 1. The molecule has 0 bridgehead atoms. The SMILES string of the molecule is CCN(CC)C(C)CNC(=O)c1cc(-c2cnn3ccc(-c4cccs4)nc23)ccn1. The summed E-state index contributed by atoms with van der Waals surface area (Å²) >= 11 is 1.65. The number of amides is 1. The summed E-state index contributed by atoms with van der Waals surface area (Å²) in [6.07, 6.45) is 5.34. The van der Waals surface area contributed by atoms with Crippen molar-refractivity contribution < 1.29 is 4.79 Å². The Hall–Kier alpha value is -3.10. The van der Waals surface area contributed by atoms with Gasteiger partial charge in [0, 0.05) is 30.5 Å². The highest BCUT2D eigenvalue weighted by Gasteiger charge is 2.15. The molecule has 7 nitrogen and oxygen atoms in total. The number of carbonyl (C=O) groups excluding carboxylic acids is 1. The first kappa shape index (κ1) is 21.1. The summed E-state index contributed by atoms with van der Waals surface area (Å²) < 4.78 is 1.75. The molecule has 4 rings (SSSR count). The molecular weight excluding hydrogens is 408 g/mol. The minimum Gasteiger partial charge on any atom is -0.349 e. The van der Waals surface area contributed by atoms with Gasteiger partial charge in [0.05, 0.1) is 16.8 Å². The maximum absolute atomic E-state index is 12.7. The third kappa shape index (κ3) is 4.50. The lowest BCUT2D eigenvalue weighted by molar-refractivity contribution is 0.0933. The van der Waals surface area contributed by atoms with E-state index < -0.39 is 0 Å². The molecule has 8 heteroatoms. The van der Waals surface area contributed by atoms with Gasteiger partial charge in [0.25, 0.3) is 5.91 Å². The fourth-order valence-electron chi connectivity index (χ4n) is 3.66. The van der Waals surface area contributed by atoms with Crippen LogP contribution in [0.1, 0.15) is 31.3 Å². The highest BCUT2D eigenvalue weighted by atomic mass is 32.1. The number of nitrogens with zero attached hydrogens (tertiary/aromatic N) is 5. The second kappa shape index (κ2) is 9.36. The van der Waals surface area contributed by atoms with Crippen LogP contribution in [0, 0.1) is 0 Å². The van der Waals surface area contributed by atoms with E-state index in [-0.39, 0.29) is 11.9 Å². The van der Waals surface area contributed by atoms with Crippen LogP contribution in [0.3, 0.4) is 0 Å². The molecule has 0 radical (unpaired) electrons. The van der Waals surface area contributed by atoms with E-state index in [2.05, 4.69) is 41.1 Å². The van der Waals surface area contributed by atoms with Crippen LogP contribution in [-0.2, 0) is 0 Å². The molecule has 0 aliphatic carbocycles. The summed E-state index contributed by atoms with van der Waals surface area (Å²) in [5.74, 6) is -0.176. The molecule has 0 saturated carbocycles. The van der Waals surface area contributed by atoms with Crippen LogP contribution in [0.15, 0.2) is 54.3 Å². The van der Waals surface area contributed by atoms with Crippen LogP contribution >= 0.6 is 11.3 Å². The summed E-state index contributed by atoms with van der Waals surface area (Å²) in [7, 11) is 0. The molecule has 0 spiro atoms. The molecule has 1 amide bonds. The van der Waals surface area contributed by atoms with Crippen LogP contribution in [0.5, 0.6) is 0 Å². The second-order valence-corrected chi connectivity index (χ2v) is 8.27. The minimum absolute atomic E-state index is 0.176. The van der Waals surface area contributed by atoms with Gasteiger partial charge in [0.15, 0.2) is 5.65 Å². The zero-order valence-corrected chi connectivity index (χ0v) is 18.8. The number of hydrogen-bond donors (Lipinski definition) is 1. The van der Waals surface area contributed by atoms with E-state index >= 15 is 0 Å². The highest BCUT2D eigenvalue weighted by Crippen LogP contribution is 2.27. The van der Waals surface area contributed by atoms with Crippen molar-refractivity contribution in [1.82, 2.24) is 29.8 Å². The Morgan fingerprint density at radius 1 is 1.26 bits per heavy atom. The van der Waals surface area contributed by atoms with Crippen molar-refractivity contribution >= 4 is 22.9 Å². The summed E-state index contributed by atoms with van der Waals surface area (Å²) in [5, 5.41) is 9.46. The van der Waals surface area contributed by atoms with Crippen LogP contribution in [-0.4, -0.2) is 56.1 Å². The second-order valence-electron chi connectivity index (χ2n) is 7.33. The predicted octanol–water partition coefficient (Wildman–Crippen LogP) is 3.98. The van der Waals surface area contributed by atoms with Gasteiger partial charge in [-0.25, -0.2) is 9.50 Å². The number of rotatable bonds is 8. The van der Waals surface area contributed by atoms with Gasteiger partial charge < -0.3 is 5.32 Å². The van der Waals surface area contributed by atoms with E-state index in [9.17, 15) is 4.79 Å². The number of nitrogens with one attached hydrogen (secondary N) is 1. The van der Waals surface area contributed by atoms with Gasteiger partial charge in [-0.1, -0.05) is 19.9 Å². The number of carbonyl (C=O) groups is 1. The maximum Gasteiger partial charge on any atom is 0.269 e. The molecule has 4 aromatic rings. The Morgan fingerprint density at radius 3 is 2.84 bits per heavy atom. The number of fused-ring (bicyclic) bond motifs is 1. The van der Waals surface area contributed by atoms with Gasteiger partial charge in [-0.05, 0) is 55.2 Å². The van der Waals surface area contributed by atoms with Crippen molar-refractivity contribution in [1.29, 1.82) is 0 Å². The topological polar surface area (TPSA) is 75.4 Å². The molecule has 31 heavy (non-hydrogen) atoms. The number of likely N-dealkylation sites (N-methyl/N-ethyl adjacent to an activating group) is 1. The average Bonchev–Trinajstić information content (AvgIpc) is 3.48. The summed E-state index contributed by atoms with van der Waals surface area (Å²) in [6.45, 7) is 8.86. The monoisotopic (exact) mass is 434 g/mol. The fraction of sp³-hybridized carbons (Fsp3) is 0.304. The Bertz CT molecular complexity index is 1170. The smallest absolute Gasteiger partial charge is 0.269 e. The molecule has 160 valence electrons. The van der Waals surface area contributed by atoms with Crippen molar-refractivity contribution in [3.05, 3.63) is 60.0 Å². The fourth-order valence-corrected chi connectivity index (χ4v) is 4.36. The Morgan fingerprint density at radius 2 is 2.10 bits per heavy atom. The Kier molecular flexibility index (Phi) is 6.39. The lowest BCUT2D eigenvalue weighted by Gasteiger charge is -2.26. The third-order valence-electron chi connectivity index (χ3n) is 5.44. The van der Waals surface area contributed by atoms with Crippen LogP contribution in [0.25, 0.3) is 27.3 Å². The lowest BCUT2D eigenvalue weighted by atomic mass is 10.1. The van der Waals surface area contributed by atoms with Gasteiger partial charge in [0.1, 0.15) is 5.69 Å². The predicted molar refractivity (Wildman–Crippen MR) is 124 cm³/mol. The first-order chi connectivity index (χ1) is 15.1. The van der Waals surface area contributed by atoms with Gasteiger partial charge in [0.2, 0.25) is 0 Å². The molecule has 0 aromatic carbocycles. The average molecular weight is 435 g/mol. The third-order valence-corrected chi connectivity index (χ3v) is 6.33. The minimum atomic E-state index is -0.176. The number of hydrogen-bond acceptors (Lipinski definition) is 6. The molecule has 1 unspecified atom stereocenters. The summed E-state index contributed by atoms with van der Waals surface area (Å²) in [4.78, 5) is 25.2. The van der Waals surface area contributed by atoms with E-state index in [0.29, 0.717) is 12.2 Å². The zero-order valence-electron chi connectivity index (χ0n) is 17.9. The molecule has 0 saturated heterocycles. The van der Waals surface area contributed by atoms with Gasteiger partial charge in [-0.3, -0.25) is 14.7 Å². The first-order valence-electron chi connectivity index (χ1n) is 10.5. The molecular formula is C23H26N6OS. The first-order valence-corrected chi connectivity index (χ1v) is 11.4. The maximum atomic E-state index is 12.7. The zero-order chi connectivity index (χ0) is 21.8. The molecule has 4 aromatic heterocycles. The van der Waals surface area contributed by atoms with E-state index in [0.717, 1.165) is 40.4 Å². The standard InChI is InChI=1S/C23H26N6OS/c1-4-28(5-2)16(3)14-25-23(30)20-13-17(8-10-24-20)18-15-26-29-11-9-19(27-22(18)29)21-7-6-12-31-21/h6-13,15-16H,4-5,14H2,1-3H3,(H,25,30). The van der Waals surface area contributed by atoms with Crippen LogP contribution in [0.2, 0.25) is 0 Å². The van der Waals surface area contributed by atoms with E-state index in [1.807, 2.05) is 35.8 Å². The van der Waals surface area contributed by atoms with Gasteiger partial charge in [-0.2, -0.15) is 5.10 Å². The molecule has 1 atom stereocenters. The largest absolute Gasteiger partial charge is 0.349 e. The normalized spacial score (nSPS) is 12.4. The van der Waals surface area contributed by atoms with Crippen LogP contribution in [0.4, 0.5) is 0 Å². The van der Waals surface area contributed by atoms with E-state index in [1.54, 1.807) is 34.3 Å². The molecule has 0 fully saturated rings. The molecule has 0 aliphatic rings. The summed E-state index contributed by atoms with van der Waals surface area (Å²) in [6, 6.07) is 9.96. The van der Waals surface area contributed by atoms with Gasteiger partial charge in [-0.15, -0.1) is 11.3 Å². The van der Waals surface area contributed by atoms with E-state index in [1.165, 1.54) is 0 Å². The lowest BCUT2D eigenvalue weighted by Crippen LogP contribution is -2.42. The van der Waals surface area contributed by atoms with Crippen molar-refractivity contribution in [2.75, 3.05) is 19.6 Å². The number of pyridine rings is 1. The molecule has 0 aliphatic heterocycles. The Labute approximate surface area is 185 Å². The number of aromatic nitrogens is 4. The van der Waals surface area contributed by atoms with E-state index in [4.69, 9.17) is 4.98 Å². The van der Waals surface area contributed by atoms with Crippen molar-refractivity contribution in [3.8, 4) is 21.7 Å². The van der Waals surface area contributed by atoms with Crippen molar-refractivity contribution in [2.24, 2.45) is 0 Å². The molecule has 1 N–H and O–H groups in total. The quantitative estimate of drug-likeness (QED) is 0.454. The highest BCUT2D eigenvalue weighted by molar-refractivity contribution is 7.13. The Balaban J connectivity index is 1.57.